The third-order valence-electron chi connectivity index (χ3n) is 3.39. The number of hydrogen-bond acceptors (Lipinski definition) is 2. The smallest absolute Gasteiger partial charge is 0.123 e. The van der Waals surface area contributed by atoms with Gasteiger partial charge in [-0.15, -0.1) is 11.8 Å². The van der Waals surface area contributed by atoms with Crippen molar-refractivity contribution in [2.45, 2.75) is 17.7 Å². The molecule has 0 fully saturated rings. The van der Waals surface area contributed by atoms with Crippen molar-refractivity contribution in [2.24, 2.45) is 0 Å². The Bertz CT molecular complexity index is 513. The molecule has 0 aliphatic rings. The maximum absolute atomic E-state index is 12.8. The van der Waals surface area contributed by atoms with Crippen molar-refractivity contribution in [3.63, 3.8) is 0 Å². The maximum Gasteiger partial charge on any atom is 0.123 e. The molecule has 0 heterocycles. The van der Waals surface area contributed by atoms with E-state index in [0.29, 0.717) is 0 Å². The monoisotopic (exact) mass is 303 g/mol. The highest BCUT2D eigenvalue weighted by molar-refractivity contribution is 7.99. The fraction of sp³-hybridized carbons (Fsp3) is 0.333. The third kappa shape index (κ3) is 6.32. The molecule has 0 aromatic heterocycles. The van der Waals surface area contributed by atoms with Gasteiger partial charge in [-0.1, -0.05) is 30.3 Å². The van der Waals surface area contributed by atoms with Crippen LogP contribution in [0.4, 0.5) is 4.39 Å². The van der Waals surface area contributed by atoms with Crippen LogP contribution >= 0.6 is 11.8 Å². The van der Waals surface area contributed by atoms with Gasteiger partial charge in [0.05, 0.1) is 0 Å². The summed E-state index contributed by atoms with van der Waals surface area (Å²) in [5, 5.41) is 0. The molecule has 0 radical (unpaired) electrons. The van der Waals surface area contributed by atoms with Crippen molar-refractivity contribution in [2.75, 3.05) is 25.9 Å². The van der Waals surface area contributed by atoms with E-state index in [2.05, 4.69) is 42.3 Å². The first-order valence-electron chi connectivity index (χ1n) is 7.35. The van der Waals surface area contributed by atoms with E-state index in [1.54, 1.807) is 11.8 Å². The Labute approximate surface area is 131 Å². The second kappa shape index (κ2) is 8.85. The van der Waals surface area contributed by atoms with Crippen LogP contribution in [0.1, 0.15) is 12.0 Å². The van der Waals surface area contributed by atoms with Crippen LogP contribution < -0.4 is 0 Å². The topological polar surface area (TPSA) is 3.24 Å². The van der Waals surface area contributed by atoms with Crippen LogP contribution in [0.2, 0.25) is 0 Å². The van der Waals surface area contributed by atoms with Gasteiger partial charge in [-0.25, -0.2) is 4.39 Å². The van der Waals surface area contributed by atoms with Crippen molar-refractivity contribution in [1.29, 1.82) is 0 Å². The van der Waals surface area contributed by atoms with Gasteiger partial charge in [-0.3, -0.25) is 0 Å². The Balaban J connectivity index is 1.59. The molecule has 2 aromatic carbocycles. The van der Waals surface area contributed by atoms with E-state index in [0.717, 1.165) is 36.6 Å². The van der Waals surface area contributed by atoms with Gasteiger partial charge in [-0.2, -0.15) is 0 Å². The average molecular weight is 303 g/mol. The molecule has 2 rings (SSSR count). The molecule has 1 nitrogen and oxygen atoms in total. The number of rotatable bonds is 8. The zero-order valence-electron chi connectivity index (χ0n) is 12.5. The summed E-state index contributed by atoms with van der Waals surface area (Å²) in [5.74, 6) is 0.904. The quantitative estimate of drug-likeness (QED) is 0.522. The van der Waals surface area contributed by atoms with Gasteiger partial charge < -0.3 is 4.90 Å². The summed E-state index contributed by atoms with van der Waals surface area (Å²) in [7, 11) is 2.17. The normalized spacial score (nSPS) is 11.0. The molecule has 0 aliphatic carbocycles. The average Bonchev–Trinajstić information content (AvgIpc) is 2.52. The minimum Gasteiger partial charge on any atom is -0.306 e. The van der Waals surface area contributed by atoms with Crippen molar-refractivity contribution < 1.29 is 4.39 Å². The summed E-state index contributed by atoms with van der Waals surface area (Å²) in [6, 6.07) is 17.3. The van der Waals surface area contributed by atoms with Crippen LogP contribution in [-0.2, 0) is 6.42 Å². The van der Waals surface area contributed by atoms with Crippen molar-refractivity contribution in [3.05, 3.63) is 66.0 Å². The van der Waals surface area contributed by atoms with E-state index in [1.165, 1.54) is 17.7 Å². The van der Waals surface area contributed by atoms with Crippen molar-refractivity contribution in [3.8, 4) is 0 Å². The van der Waals surface area contributed by atoms with Gasteiger partial charge in [0.15, 0.2) is 0 Å². The fourth-order valence-electron chi connectivity index (χ4n) is 2.13. The van der Waals surface area contributed by atoms with Crippen LogP contribution in [-0.4, -0.2) is 30.8 Å². The first kappa shape index (κ1) is 16.1. The van der Waals surface area contributed by atoms with Crippen LogP contribution in [0.25, 0.3) is 0 Å². The Hall–Kier alpha value is -1.32. The van der Waals surface area contributed by atoms with Gasteiger partial charge in [0, 0.05) is 11.4 Å². The van der Waals surface area contributed by atoms with Gasteiger partial charge in [0.25, 0.3) is 0 Å². The molecule has 0 amide bonds. The maximum atomic E-state index is 12.8. The summed E-state index contributed by atoms with van der Waals surface area (Å²) in [6.45, 7) is 2.19. The van der Waals surface area contributed by atoms with Crippen molar-refractivity contribution >= 4 is 11.8 Å². The Kier molecular flexibility index (Phi) is 6.77. The number of nitrogens with zero attached hydrogens (tertiary/aromatic N) is 1. The van der Waals surface area contributed by atoms with Crippen molar-refractivity contribution in [1.82, 2.24) is 4.90 Å². The summed E-state index contributed by atoms with van der Waals surface area (Å²) in [6.07, 6.45) is 2.25. The number of thioether (sulfide) groups is 1. The lowest BCUT2D eigenvalue weighted by Gasteiger charge is -2.16. The summed E-state index contributed by atoms with van der Waals surface area (Å²) < 4.78 is 12.8. The summed E-state index contributed by atoms with van der Waals surface area (Å²) in [5.41, 5.74) is 1.39. The lowest BCUT2D eigenvalue weighted by Crippen LogP contribution is -2.22. The van der Waals surface area contributed by atoms with E-state index < -0.39 is 0 Å². The molecular formula is C18H22FNS. The number of halogens is 1. The molecule has 0 aliphatic heterocycles. The predicted octanol–water partition coefficient (Wildman–Crippen LogP) is 4.48. The third-order valence-corrected chi connectivity index (χ3v) is 4.49. The Morgan fingerprint density at radius 2 is 1.67 bits per heavy atom. The second-order valence-corrected chi connectivity index (χ2v) is 6.36. The number of likely N-dealkylation sites (N-methyl/N-ethyl adjacent to an activating group) is 1. The Morgan fingerprint density at radius 1 is 0.952 bits per heavy atom. The SMILES string of the molecule is CN(CCCSc1ccc(F)cc1)CCc1ccccc1. The molecule has 0 atom stereocenters. The van der Waals surface area contributed by atoms with Crippen LogP contribution in [0.15, 0.2) is 59.5 Å². The molecule has 0 N–H and O–H groups in total. The molecular weight excluding hydrogens is 281 g/mol. The predicted molar refractivity (Wildman–Crippen MR) is 89.4 cm³/mol. The van der Waals surface area contributed by atoms with Gasteiger partial charge in [0.1, 0.15) is 5.82 Å². The van der Waals surface area contributed by atoms with Gasteiger partial charge in [0.2, 0.25) is 0 Å². The fourth-order valence-corrected chi connectivity index (χ4v) is 2.97. The molecule has 3 heteroatoms. The Morgan fingerprint density at radius 3 is 2.38 bits per heavy atom. The zero-order chi connectivity index (χ0) is 14.9. The number of benzene rings is 2. The standard InChI is InChI=1S/C18H22FNS/c1-20(14-12-16-6-3-2-4-7-16)13-5-15-21-18-10-8-17(19)9-11-18/h2-4,6-11H,5,12-15H2,1H3. The summed E-state index contributed by atoms with van der Waals surface area (Å²) in [4.78, 5) is 3.52. The van der Waals surface area contributed by atoms with E-state index in [1.807, 2.05) is 12.1 Å². The molecule has 0 bridgehead atoms. The molecule has 0 saturated heterocycles. The largest absolute Gasteiger partial charge is 0.306 e. The van der Waals surface area contributed by atoms with Gasteiger partial charge in [-0.05, 0) is 62.0 Å². The molecule has 0 spiro atoms. The molecule has 2 aromatic rings. The zero-order valence-corrected chi connectivity index (χ0v) is 13.3. The molecule has 21 heavy (non-hydrogen) atoms. The molecule has 0 unspecified atom stereocenters. The lowest BCUT2D eigenvalue weighted by atomic mass is 10.1. The first-order valence-corrected chi connectivity index (χ1v) is 8.33. The summed E-state index contributed by atoms with van der Waals surface area (Å²) >= 11 is 1.79. The minimum absolute atomic E-state index is 0.167. The minimum atomic E-state index is -0.167. The molecule has 112 valence electrons. The van der Waals surface area contributed by atoms with Gasteiger partial charge >= 0.3 is 0 Å². The van der Waals surface area contributed by atoms with Crippen LogP contribution in [0.5, 0.6) is 0 Å². The second-order valence-electron chi connectivity index (χ2n) is 5.19. The van der Waals surface area contributed by atoms with Crippen LogP contribution in [0, 0.1) is 5.82 Å². The highest BCUT2D eigenvalue weighted by atomic mass is 32.2. The lowest BCUT2D eigenvalue weighted by molar-refractivity contribution is 0.340. The highest BCUT2D eigenvalue weighted by Gasteiger charge is 2.00. The van der Waals surface area contributed by atoms with E-state index in [4.69, 9.17) is 0 Å². The molecule has 0 saturated carbocycles. The number of hydrogen-bond donors (Lipinski definition) is 0. The van der Waals surface area contributed by atoms with E-state index in [9.17, 15) is 4.39 Å². The van der Waals surface area contributed by atoms with E-state index in [-0.39, 0.29) is 5.82 Å². The first-order chi connectivity index (χ1) is 10.2. The highest BCUT2D eigenvalue weighted by Crippen LogP contribution is 2.18. The van der Waals surface area contributed by atoms with E-state index >= 15 is 0 Å². The van der Waals surface area contributed by atoms with Crippen LogP contribution in [0.3, 0.4) is 0 Å².